The van der Waals surface area contributed by atoms with E-state index in [2.05, 4.69) is 15.9 Å². The Hall–Kier alpha value is -1.88. The molecule has 0 bridgehead atoms. The van der Waals surface area contributed by atoms with Crippen molar-refractivity contribution >= 4 is 27.7 Å². The van der Waals surface area contributed by atoms with Gasteiger partial charge in [0.05, 0.1) is 0 Å². The fourth-order valence-electron chi connectivity index (χ4n) is 1.76. The molecule has 0 atom stereocenters. The number of carbonyl (C=O) groups excluding carboxylic acids is 2. The molecule has 0 saturated carbocycles. The molecule has 20 heavy (non-hydrogen) atoms. The predicted molar refractivity (Wildman–Crippen MR) is 78.7 cm³/mol. The van der Waals surface area contributed by atoms with E-state index in [0.717, 1.165) is 10.0 Å². The maximum atomic E-state index is 12.0. The van der Waals surface area contributed by atoms with Gasteiger partial charge in [0.15, 0.2) is 5.78 Å². The molecule has 2 rings (SSSR count). The number of halogens is 1. The van der Waals surface area contributed by atoms with E-state index in [1.807, 2.05) is 24.3 Å². The van der Waals surface area contributed by atoms with E-state index in [9.17, 15) is 9.59 Å². The standard InChI is InChI=1S/C15H14BrNO3/c1-10(18)12-7-14(17(2)8-12)15(19)20-9-11-3-5-13(16)6-4-11/h3-8H,9H2,1-2H3. The number of aryl methyl sites for hydroxylation is 1. The van der Waals surface area contributed by atoms with Crippen molar-refractivity contribution in [3.8, 4) is 0 Å². The molecule has 1 aromatic heterocycles. The van der Waals surface area contributed by atoms with Crippen LogP contribution in [0.25, 0.3) is 0 Å². The number of benzene rings is 1. The largest absolute Gasteiger partial charge is 0.456 e. The lowest BCUT2D eigenvalue weighted by Crippen LogP contribution is -2.09. The highest BCUT2D eigenvalue weighted by molar-refractivity contribution is 9.10. The maximum absolute atomic E-state index is 12.0. The fraction of sp³-hybridized carbons (Fsp3) is 0.200. The molecule has 0 amide bonds. The van der Waals surface area contributed by atoms with Crippen LogP contribution >= 0.6 is 15.9 Å². The minimum absolute atomic E-state index is 0.0763. The van der Waals surface area contributed by atoms with E-state index >= 15 is 0 Å². The first-order valence-corrected chi connectivity index (χ1v) is 6.85. The van der Waals surface area contributed by atoms with Crippen LogP contribution in [0, 0.1) is 0 Å². The van der Waals surface area contributed by atoms with Gasteiger partial charge >= 0.3 is 5.97 Å². The van der Waals surface area contributed by atoms with E-state index in [-0.39, 0.29) is 12.4 Å². The summed E-state index contributed by atoms with van der Waals surface area (Å²) < 4.78 is 7.81. The van der Waals surface area contributed by atoms with Gasteiger partial charge in [0.25, 0.3) is 0 Å². The molecule has 0 saturated heterocycles. The Labute approximate surface area is 125 Å². The van der Waals surface area contributed by atoms with Gasteiger partial charge in [-0.3, -0.25) is 4.79 Å². The summed E-state index contributed by atoms with van der Waals surface area (Å²) in [6.07, 6.45) is 1.62. The van der Waals surface area contributed by atoms with Crippen LogP contribution in [-0.4, -0.2) is 16.3 Å². The predicted octanol–water partition coefficient (Wildman–Crippen LogP) is 3.35. The van der Waals surface area contributed by atoms with Gasteiger partial charge in [-0.15, -0.1) is 0 Å². The Morgan fingerprint density at radius 2 is 1.90 bits per heavy atom. The highest BCUT2D eigenvalue weighted by Gasteiger charge is 2.15. The average Bonchev–Trinajstić information content (AvgIpc) is 2.80. The zero-order valence-electron chi connectivity index (χ0n) is 11.2. The van der Waals surface area contributed by atoms with E-state index in [1.165, 1.54) is 6.92 Å². The Kier molecular flexibility index (Phi) is 4.39. The van der Waals surface area contributed by atoms with Crippen molar-refractivity contribution < 1.29 is 14.3 Å². The summed E-state index contributed by atoms with van der Waals surface area (Å²) >= 11 is 3.34. The van der Waals surface area contributed by atoms with Crippen LogP contribution in [0.15, 0.2) is 41.0 Å². The van der Waals surface area contributed by atoms with Crippen molar-refractivity contribution in [2.75, 3.05) is 0 Å². The van der Waals surface area contributed by atoms with Crippen molar-refractivity contribution in [1.82, 2.24) is 4.57 Å². The van der Waals surface area contributed by atoms with Crippen molar-refractivity contribution in [2.45, 2.75) is 13.5 Å². The molecule has 1 aromatic carbocycles. The maximum Gasteiger partial charge on any atom is 0.355 e. The van der Waals surface area contributed by atoms with Crippen molar-refractivity contribution in [3.05, 3.63) is 57.8 Å². The lowest BCUT2D eigenvalue weighted by Gasteiger charge is -2.05. The van der Waals surface area contributed by atoms with Gasteiger partial charge in [-0.05, 0) is 30.7 Å². The second-order valence-corrected chi connectivity index (χ2v) is 5.40. The molecule has 0 fully saturated rings. The number of rotatable bonds is 4. The van der Waals surface area contributed by atoms with Crippen LogP contribution in [0.1, 0.15) is 33.3 Å². The van der Waals surface area contributed by atoms with Crippen molar-refractivity contribution in [3.63, 3.8) is 0 Å². The van der Waals surface area contributed by atoms with Crippen LogP contribution in [0.2, 0.25) is 0 Å². The summed E-state index contributed by atoms with van der Waals surface area (Å²) in [4.78, 5) is 23.3. The van der Waals surface area contributed by atoms with Gasteiger partial charge in [-0.1, -0.05) is 28.1 Å². The number of hydrogen-bond acceptors (Lipinski definition) is 3. The zero-order chi connectivity index (χ0) is 14.7. The summed E-state index contributed by atoms with van der Waals surface area (Å²) in [5, 5.41) is 0. The number of carbonyl (C=O) groups is 2. The van der Waals surface area contributed by atoms with E-state index in [1.54, 1.807) is 23.9 Å². The van der Waals surface area contributed by atoms with E-state index < -0.39 is 5.97 Å². The monoisotopic (exact) mass is 335 g/mol. The third-order valence-electron chi connectivity index (χ3n) is 2.90. The third-order valence-corrected chi connectivity index (χ3v) is 3.43. The molecule has 0 radical (unpaired) electrons. The Morgan fingerprint density at radius 1 is 1.25 bits per heavy atom. The number of ketones is 1. The number of esters is 1. The molecule has 0 aliphatic rings. The number of hydrogen-bond donors (Lipinski definition) is 0. The summed E-state index contributed by atoms with van der Waals surface area (Å²) in [6.45, 7) is 1.67. The molecule has 5 heteroatoms. The quantitative estimate of drug-likeness (QED) is 0.635. The number of aromatic nitrogens is 1. The Balaban J connectivity index is 2.05. The van der Waals surface area contributed by atoms with Crippen LogP contribution in [0.4, 0.5) is 0 Å². The number of ether oxygens (including phenoxy) is 1. The van der Waals surface area contributed by atoms with Crippen molar-refractivity contribution in [1.29, 1.82) is 0 Å². The van der Waals surface area contributed by atoms with Gasteiger partial charge in [0.2, 0.25) is 0 Å². The average molecular weight is 336 g/mol. The molecule has 0 aliphatic carbocycles. The first-order chi connectivity index (χ1) is 9.47. The van der Waals surface area contributed by atoms with Crippen LogP contribution in [0.5, 0.6) is 0 Å². The number of nitrogens with zero attached hydrogens (tertiary/aromatic N) is 1. The molecule has 1 heterocycles. The summed E-state index contributed by atoms with van der Waals surface area (Å²) in [5.41, 5.74) is 1.78. The fourth-order valence-corrected chi connectivity index (χ4v) is 2.03. The molecule has 0 spiro atoms. The number of Topliss-reactive ketones (excluding diaryl/α,β-unsaturated/α-hetero) is 1. The molecule has 0 unspecified atom stereocenters. The zero-order valence-corrected chi connectivity index (χ0v) is 12.8. The highest BCUT2D eigenvalue weighted by Crippen LogP contribution is 2.13. The summed E-state index contributed by atoms with van der Waals surface area (Å²) in [7, 11) is 1.71. The van der Waals surface area contributed by atoms with Gasteiger partial charge in [0, 0.05) is 23.3 Å². The molecule has 0 N–H and O–H groups in total. The molecular formula is C15H14BrNO3. The molecule has 0 aliphatic heterocycles. The Morgan fingerprint density at radius 3 is 2.45 bits per heavy atom. The summed E-state index contributed by atoms with van der Waals surface area (Å²) in [6, 6.07) is 9.08. The smallest absolute Gasteiger partial charge is 0.355 e. The Bertz CT molecular complexity index is 644. The first-order valence-electron chi connectivity index (χ1n) is 6.06. The van der Waals surface area contributed by atoms with Gasteiger partial charge in [-0.25, -0.2) is 4.79 Å². The first kappa shape index (κ1) is 14.5. The highest BCUT2D eigenvalue weighted by atomic mass is 79.9. The second kappa shape index (κ2) is 6.05. The van der Waals surface area contributed by atoms with Crippen molar-refractivity contribution in [2.24, 2.45) is 7.05 Å². The second-order valence-electron chi connectivity index (χ2n) is 4.48. The van der Waals surface area contributed by atoms with Gasteiger partial charge < -0.3 is 9.30 Å². The summed E-state index contributed by atoms with van der Waals surface area (Å²) in [5.74, 6) is -0.518. The molecule has 2 aromatic rings. The minimum atomic E-state index is -0.442. The van der Waals surface area contributed by atoms with E-state index in [0.29, 0.717) is 11.3 Å². The van der Waals surface area contributed by atoms with E-state index in [4.69, 9.17) is 4.74 Å². The van der Waals surface area contributed by atoms with Crippen LogP contribution < -0.4 is 0 Å². The van der Waals surface area contributed by atoms with Gasteiger partial charge in [-0.2, -0.15) is 0 Å². The molecular weight excluding hydrogens is 322 g/mol. The molecule has 4 nitrogen and oxygen atoms in total. The van der Waals surface area contributed by atoms with Gasteiger partial charge in [0.1, 0.15) is 12.3 Å². The molecule has 104 valence electrons. The van der Waals surface area contributed by atoms with Crippen LogP contribution in [0.3, 0.4) is 0 Å². The lowest BCUT2D eigenvalue weighted by atomic mass is 10.2. The lowest BCUT2D eigenvalue weighted by molar-refractivity contribution is 0.0461. The normalized spacial score (nSPS) is 10.3. The SMILES string of the molecule is CC(=O)c1cc(C(=O)OCc2ccc(Br)cc2)n(C)c1. The third kappa shape index (κ3) is 3.36. The topological polar surface area (TPSA) is 48.3 Å². The minimum Gasteiger partial charge on any atom is -0.456 e. The van der Waals surface area contributed by atoms with Crippen LogP contribution in [-0.2, 0) is 18.4 Å².